The first kappa shape index (κ1) is 12.3. The van der Waals surface area contributed by atoms with E-state index in [-0.39, 0.29) is 17.4 Å². The lowest BCUT2D eigenvalue weighted by Crippen LogP contribution is -2.28. The largest absolute Gasteiger partial charge is 0.478 e. The highest BCUT2D eigenvalue weighted by Gasteiger charge is 2.25. The van der Waals surface area contributed by atoms with E-state index in [1.165, 1.54) is 6.07 Å². The molecule has 0 spiro atoms. The first-order valence-electron chi connectivity index (χ1n) is 5.41. The molecule has 0 heterocycles. The SMILES string of the molecule is O=C(O)c1cc(I)cc(NC(=O)C2CCC2)c1. The van der Waals surface area contributed by atoms with Crippen molar-refractivity contribution in [2.75, 3.05) is 5.32 Å². The maximum absolute atomic E-state index is 11.7. The lowest BCUT2D eigenvalue weighted by molar-refractivity contribution is -0.122. The molecular formula is C12H12INO3. The van der Waals surface area contributed by atoms with Crippen LogP contribution in [0.25, 0.3) is 0 Å². The molecule has 2 rings (SSSR count). The van der Waals surface area contributed by atoms with Gasteiger partial charge in [-0.3, -0.25) is 4.79 Å². The smallest absolute Gasteiger partial charge is 0.335 e. The maximum Gasteiger partial charge on any atom is 0.335 e. The Labute approximate surface area is 113 Å². The normalized spacial score (nSPS) is 15.1. The summed E-state index contributed by atoms with van der Waals surface area (Å²) >= 11 is 2.04. The van der Waals surface area contributed by atoms with Gasteiger partial charge in [0.2, 0.25) is 5.91 Å². The fourth-order valence-electron chi connectivity index (χ4n) is 1.70. The van der Waals surface area contributed by atoms with E-state index in [4.69, 9.17) is 5.11 Å². The van der Waals surface area contributed by atoms with E-state index in [1.807, 2.05) is 22.6 Å². The molecule has 1 saturated carbocycles. The minimum atomic E-state index is -0.984. The van der Waals surface area contributed by atoms with Crippen molar-refractivity contribution in [1.82, 2.24) is 0 Å². The molecule has 0 saturated heterocycles. The van der Waals surface area contributed by atoms with Crippen molar-refractivity contribution in [3.8, 4) is 0 Å². The van der Waals surface area contributed by atoms with Crippen LogP contribution in [-0.2, 0) is 4.79 Å². The Balaban J connectivity index is 2.14. The minimum Gasteiger partial charge on any atom is -0.478 e. The van der Waals surface area contributed by atoms with Gasteiger partial charge < -0.3 is 10.4 Å². The average molecular weight is 345 g/mol. The number of hydrogen-bond donors (Lipinski definition) is 2. The predicted molar refractivity (Wildman–Crippen MR) is 72.1 cm³/mol. The summed E-state index contributed by atoms with van der Waals surface area (Å²) in [6.45, 7) is 0. The summed E-state index contributed by atoms with van der Waals surface area (Å²) in [4.78, 5) is 22.6. The molecular weight excluding hydrogens is 333 g/mol. The molecule has 1 aliphatic carbocycles. The second-order valence-electron chi connectivity index (χ2n) is 4.15. The topological polar surface area (TPSA) is 66.4 Å². The molecule has 2 N–H and O–H groups in total. The van der Waals surface area contributed by atoms with Crippen LogP contribution in [0.1, 0.15) is 29.6 Å². The second kappa shape index (κ2) is 5.03. The fraction of sp³-hybridized carbons (Fsp3) is 0.333. The third kappa shape index (κ3) is 2.96. The van der Waals surface area contributed by atoms with Crippen molar-refractivity contribution >= 4 is 40.2 Å². The molecule has 0 aliphatic heterocycles. The zero-order valence-electron chi connectivity index (χ0n) is 9.07. The van der Waals surface area contributed by atoms with Gasteiger partial charge in [-0.2, -0.15) is 0 Å². The Morgan fingerprint density at radius 1 is 1.29 bits per heavy atom. The van der Waals surface area contributed by atoms with Gasteiger partial charge in [-0.05, 0) is 53.6 Å². The predicted octanol–water partition coefficient (Wildman–Crippen LogP) is 2.73. The number of nitrogens with one attached hydrogen (secondary N) is 1. The van der Waals surface area contributed by atoms with E-state index in [2.05, 4.69) is 5.32 Å². The molecule has 1 fully saturated rings. The molecule has 0 atom stereocenters. The molecule has 0 bridgehead atoms. The standard InChI is InChI=1S/C12H12INO3/c13-9-4-8(12(16)17)5-10(6-9)14-11(15)7-2-1-3-7/h4-7H,1-3H2,(H,14,15)(H,16,17). The lowest BCUT2D eigenvalue weighted by atomic mass is 9.85. The Kier molecular flexibility index (Phi) is 3.66. The van der Waals surface area contributed by atoms with Crippen molar-refractivity contribution in [1.29, 1.82) is 0 Å². The molecule has 1 aliphatic rings. The number of amides is 1. The number of halogens is 1. The van der Waals surface area contributed by atoms with Crippen LogP contribution in [-0.4, -0.2) is 17.0 Å². The molecule has 1 amide bonds. The van der Waals surface area contributed by atoms with Gasteiger partial charge in [-0.1, -0.05) is 6.42 Å². The van der Waals surface area contributed by atoms with Gasteiger partial charge in [0.25, 0.3) is 0 Å². The van der Waals surface area contributed by atoms with E-state index < -0.39 is 5.97 Å². The molecule has 1 aromatic carbocycles. The van der Waals surface area contributed by atoms with Gasteiger partial charge in [0.1, 0.15) is 0 Å². The van der Waals surface area contributed by atoms with Crippen molar-refractivity contribution < 1.29 is 14.7 Å². The van der Waals surface area contributed by atoms with Crippen LogP contribution in [0.3, 0.4) is 0 Å². The first-order chi connectivity index (χ1) is 8.06. The highest BCUT2D eigenvalue weighted by atomic mass is 127. The van der Waals surface area contributed by atoms with Gasteiger partial charge in [-0.15, -0.1) is 0 Å². The van der Waals surface area contributed by atoms with Crippen LogP contribution < -0.4 is 5.32 Å². The molecule has 0 unspecified atom stereocenters. The molecule has 0 aromatic heterocycles. The third-order valence-electron chi connectivity index (χ3n) is 2.89. The number of carboxylic acids is 1. The Hall–Kier alpha value is -1.11. The van der Waals surface area contributed by atoms with Crippen molar-refractivity contribution in [3.05, 3.63) is 27.3 Å². The van der Waals surface area contributed by atoms with Gasteiger partial charge in [0.15, 0.2) is 0 Å². The van der Waals surface area contributed by atoms with Gasteiger partial charge >= 0.3 is 5.97 Å². The molecule has 1 aromatic rings. The third-order valence-corrected chi connectivity index (χ3v) is 3.51. The summed E-state index contributed by atoms with van der Waals surface area (Å²) in [5.74, 6) is -0.890. The quantitative estimate of drug-likeness (QED) is 0.828. The van der Waals surface area contributed by atoms with Crippen LogP contribution in [0.5, 0.6) is 0 Å². The van der Waals surface area contributed by atoms with Gasteiger partial charge in [0.05, 0.1) is 5.56 Å². The first-order valence-corrected chi connectivity index (χ1v) is 6.49. The minimum absolute atomic E-state index is 0.00501. The van der Waals surface area contributed by atoms with Crippen molar-refractivity contribution in [2.45, 2.75) is 19.3 Å². The maximum atomic E-state index is 11.7. The number of hydrogen-bond acceptors (Lipinski definition) is 2. The Morgan fingerprint density at radius 2 is 2.00 bits per heavy atom. The van der Waals surface area contributed by atoms with Crippen molar-refractivity contribution in [3.63, 3.8) is 0 Å². The monoisotopic (exact) mass is 345 g/mol. The summed E-state index contributed by atoms with van der Waals surface area (Å²) in [7, 11) is 0. The van der Waals surface area contributed by atoms with Gasteiger partial charge in [0, 0.05) is 15.2 Å². The summed E-state index contributed by atoms with van der Waals surface area (Å²) in [6, 6.07) is 4.83. The summed E-state index contributed by atoms with van der Waals surface area (Å²) < 4.78 is 0.798. The number of carboxylic acid groups (broad SMARTS) is 1. The number of anilines is 1. The van der Waals surface area contributed by atoms with Crippen LogP contribution in [0.15, 0.2) is 18.2 Å². The van der Waals surface area contributed by atoms with Crippen molar-refractivity contribution in [2.24, 2.45) is 5.92 Å². The van der Waals surface area contributed by atoms with Crippen LogP contribution in [0, 0.1) is 9.49 Å². The van der Waals surface area contributed by atoms with Crippen LogP contribution in [0.4, 0.5) is 5.69 Å². The van der Waals surface area contributed by atoms with Crippen LogP contribution >= 0.6 is 22.6 Å². The second-order valence-corrected chi connectivity index (χ2v) is 5.40. The van der Waals surface area contributed by atoms with E-state index in [0.717, 1.165) is 22.8 Å². The average Bonchev–Trinajstić information content (AvgIpc) is 2.13. The number of aromatic carboxylic acids is 1. The zero-order valence-corrected chi connectivity index (χ0v) is 11.2. The van der Waals surface area contributed by atoms with E-state index in [9.17, 15) is 9.59 Å². The number of rotatable bonds is 3. The molecule has 4 nitrogen and oxygen atoms in total. The number of benzene rings is 1. The van der Waals surface area contributed by atoms with Crippen LogP contribution in [0.2, 0.25) is 0 Å². The number of carbonyl (C=O) groups excluding carboxylic acids is 1. The summed E-state index contributed by atoms with van der Waals surface area (Å²) in [6.07, 6.45) is 2.97. The number of carbonyl (C=O) groups is 2. The lowest BCUT2D eigenvalue weighted by Gasteiger charge is -2.24. The molecule has 0 radical (unpaired) electrons. The molecule has 90 valence electrons. The summed E-state index contributed by atoms with van der Waals surface area (Å²) in [5, 5.41) is 11.7. The highest BCUT2D eigenvalue weighted by molar-refractivity contribution is 14.1. The Morgan fingerprint density at radius 3 is 2.53 bits per heavy atom. The summed E-state index contributed by atoms with van der Waals surface area (Å²) in [5.41, 5.74) is 0.756. The molecule has 17 heavy (non-hydrogen) atoms. The van der Waals surface area contributed by atoms with E-state index in [1.54, 1.807) is 12.1 Å². The zero-order chi connectivity index (χ0) is 12.4. The van der Waals surface area contributed by atoms with E-state index in [0.29, 0.717) is 5.69 Å². The fourth-order valence-corrected chi connectivity index (χ4v) is 2.37. The Bertz CT molecular complexity index is 469. The van der Waals surface area contributed by atoms with E-state index >= 15 is 0 Å². The van der Waals surface area contributed by atoms with Gasteiger partial charge in [-0.25, -0.2) is 4.79 Å². The molecule has 5 heteroatoms. The highest BCUT2D eigenvalue weighted by Crippen LogP contribution is 2.28.